The van der Waals surface area contributed by atoms with Crippen molar-refractivity contribution < 1.29 is 27.9 Å². The smallest absolute Gasteiger partial charge is 0.416 e. The van der Waals surface area contributed by atoms with Gasteiger partial charge in [0.2, 0.25) is 5.91 Å². The Labute approximate surface area is 239 Å². The number of hydrogen-bond donors (Lipinski definition) is 2. The number of nitrogens with zero attached hydrogens (tertiary/aromatic N) is 4. The van der Waals surface area contributed by atoms with Gasteiger partial charge < -0.3 is 25.1 Å². The lowest BCUT2D eigenvalue weighted by Crippen LogP contribution is -2.44. The van der Waals surface area contributed by atoms with E-state index < -0.39 is 23.7 Å². The highest BCUT2D eigenvalue weighted by Gasteiger charge is 2.34. The number of anilines is 2. The Balaban J connectivity index is 1.52. The fourth-order valence-corrected chi connectivity index (χ4v) is 5.38. The quantitative estimate of drug-likeness (QED) is 0.384. The number of nitrogens with one attached hydrogen (secondary N) is 1. The van der Waals surface area contributed by atoms with Gasteiger partial charge in [0, 0.05) is 58.9 Å². The topological polar surface area (TPSA) is 79.4 Å². The van der Waals surface area contributed by atoms with E-state index >= 15 is 0 Å². The predicted octanol–water partition coefficient (Wildman–Crippen LogP) is 5.20. The van der Waals surface area contributed by atoms with E-state index in [2.05, 4.69) is 21.2 Å². The molecule has 8 nitrogen and oxygen atoms in total. The van der Waals surface area contributed by atoms with E-state index in [1.165, 1.54) is 40.8 Å². The highest BCUT2D eigenvalue weighted by atomic mass is 19.4. The van der Waals surface area contributed by atoms with E-state index in [0.29, 0.717) is 0 Å². The monoisotopic (exact) mass is 575 g/mol. The number of benzene rings is 2. The van der Waals surface area contributed by atoms with Crippen LogP contribution in [0.2, 0.25) is 0 Å². The standard InChI is InChI=1S/C30H40F3N5O3/c1-21(2)38(29(40)41)16-15-37(20-23-7-4-5-9-25(23)30(31,32)33)27(39)17-34-26-10-6-8-24-19-36(18-22-11-12-22)14-13-35(3)28(24)26/h4-10,21-22,34H,11-20H2,1-3H3,(H,40,41). The maximum Gasteiger partial charge on any atom is 0.416 e. The lowest BCUT2D eigenvalue weighted by molar-refractivity contribution is -0.139. The number of para-hydroxylation sites is 1. The zero-order valence-electron chi connectivity index (χ0n) is 24.0. The normalized spacial score (nSPS) is 15.8. The SMILES string of the molecule is CC(C)N(CCN(Cc1ccccc1C(F)(F)F)C(=O)CNc1cccc2c1N(C)CCN(CC1CC1)C2)C(=O)O. The highest BCUT2D eigenvalue weighted by molar-refractivity contribution is 5.83. The first kappa shape index (κ1) is 30.5. The average Bonchev–Trinajstić information content (AvgIpc) is 3.74. The number of carboxylic acid groups (broad SMARTS) is 1. The molecule has 2 aliphatic rings. The minimum absolute atomic E-state index is 0.0206. The summed E-state index contributed by atoms with van der Waals surface area (Å²) in [6.45, 7) is 6.63. The molecule has 0 aromatic heterocycles. The minimum Gasteiger partial charge on any atom is -0.465 e. The third-order valence-corrected chi connectivity index (χ3v) is 7.81. The van der Waals surface area contributed by atoms with Crippen molar-refractivity contribution in [3.8, 4) is 0 Å². The van der Waals surface area contributed by atoms with Gasteiger partial charge in [0.1, 0.15) is 0 Å². The van der Waals surface area contributed by atoms with Crippen LogP contribution in [0.1, 0.15) is 43.4 Å². The zero-order chi connectivity index (χ0) is 29.7. The molecular weight excluding hydrogens is 535 g/mol. The van der Waals surface area contributed by atoms with E-state index in [1.807, 2.05) is 19.2 Å². The van der Waals surface area contributed by atoms with Crippen LogP contribution >= 0.6 is 0 Å². The molecule has 1 fully saturated rings. The molecule has 0 atom stereocenters. The molecule has 41 heavy (non-hydrogen) atoms. The molecule has 1 aliphatic carbocycles. The van der Waals surface area contributed by atoms with Gasteiger partial charge in [-0.1, -0.05) is 30.3 Å². The Morgan fingerprint density at radius 3 is 2.46 bits per heavy atom. The summed E-state index contributed by atoms with van der Waals surface area (Å²) in [5, 5.41) is 12.8. The molecular formula is C30H40F3N5O3. The van der Waals surface area contributed by atoms with Gasteiger partial charge in [-0.25, -0.2) is 4.79 Å². The average molecular weight is 576 g/mol. The van der Waals surface area contributed by atoms with Crippen molar-refractivity contribution in [2.24, 2.45) is 5.92 Å². The fourth-order valence-electron chi connectivity index (χ4n) is 5.38. The summed E-state index contributed by atoms with van der Waals surface area (Å²) in [4.78, 5) is 32.4. The van der Waals surface area contributed by atoms with Crippen molar-refractivity contribution in [3.63, 3.8) is 0 Å². The molecule has 1 saturated carbocycles. The van der Waals surface area contributed by atoms with E-state index in [-0.39, 0.29) is 37.8 Å². The number of likely N-dealkylation sites (N-methyl/N-ethyl adjacent to an activating group) is 1. The summed E-state index contributed by atoms with van der Waals surface area (Å²) < 4.78 is 41.1. The number of carbonyl (C=O) groups excluding carboxylic acids is 1. The molecule has 2 aromatic carbocycles. The third-order valence-electron chi connectivity index (χ3n) is 7.81. The highest BCUT2D eigenvalue weighted by Crippen LogP contribution is 2.35. The van der Waals surface area contributed by atoms with Crippen LogP contribution in [0.4, 0.5) is 29.3 Å². The molecule has 1 heterocycles. The lowest BCUT2D eigenvalue weighted by Gasteiger charge is -2.30. The number of carbonyl (C=O) groups is 2. The van der Waals surface area contributed by atoms with Crippen LogP contribution in [-0.4, -0.2) is 84.2 Å². The zero-order valence-corrected chi connectivity index (χ0v) is 24.0. The van der Waals surface area contributed by atoms with Crippen molar-refractivity contribution in [1.29, 1.82) is 0 Å². The molecule has 4 rings (SSSR count). The fraction of sp³-hybridized carbons (Fsp3) is 0.533. The van der Waals surface area contributed by atoms with Gasteiger partial charge in [-0.2, -0.15) is 13.2 Å². The predicted molar refractivity (Wildman–Crippen MR) is 153 cm³/mol. The van der Waals surface area contributed by atoms with Crippen molar-refractivity contribution in [1.82, 2.24) is 14.7 Å². The second-order valence-electron chi connectivity index (χ2n) is 11.3. The number of amides is 2. The van der Waals surface area contributed by atoms with Crippen LogP contribution in [0.3, 0.4) is 0 Å². The number of fused-ring (bicyclic) bond motifs is 1. The van der Waals surface area contributed by atoms with Crippen LogP contribution in [0.5, 0.6) is 0 Å². The second kappa shape index (κ2) is 13.0. The van der Waals surface area contributed by atoms with Crippen LogP contribution in [-0.2, 0) is 24.1 Å². The minimum atomic E-state index is -4.58. The van der Waals surface area contributed by atoms with E-state index in [4.69, 9.17) is 0 Å². The molecule has 0 spiro atoms. The number of alkyl halides is 3. The molecule has 0 radical (unpaired) electrons. The second-order valence-corrected chi connectivity index (χ2v) is 11.3. The van der Waals surface area contributed by atoms with Crippen LogP contribution in [0.15, 0.2) is 42.5 Å². The summed E-state index contributed by atoms with van der Waals surface area (Å²) in [5.74, 6) is 0.363. The first-order valence-corrected chi connectivity index (χ1v) is 14.2. The summed E-state index contributed by atoms with van der Waals surface area (Å²) in [6.07, 6.45) is -3.15. The maximum absolute atomic E-state index is 13.7. The maximum atomic E-state index is 13.7. The van der Waals surface area contributed by atoms with Crippen molar-refractivity contribution in [2.75, 3.05) is 56.5 Å². The molecule has 224 valence electrons. The number of rotatable bonds is 11. The summed E-state index contributed by atoms with van der Waals surface area (Å²) in [5.41, 5.74) is 2.12. The molecule has 0 bridgehead atoms. The van der Waals surface area contributed by atoms with E-state index in [0.717, 1.165) is 55.1 Å². The molecule has 1 aliphatic heterocycles. The first-order valence-electron chi connectivity index (χ1n) is 14.2. The van der Waals surface area contributed by atoms with Gasteiger partial charge in [-0.3, -0.25) is 9.69 Å². The Morgan fingerprint density at radius 1 is 1.07 bits per heavy atom. The van der Waals surface area contributed by atoms with Crippen molar-refractivity contribution in [2.45, 2.75) is 52.0 Å². The largest absolute Gasteiger partial charge is 0.465 e. The summed E-state index contributed by atoms with van der Waals surface area (Å²) >= 11 is 0. The van der Waals surface area contributed by atoms with E-state index in [1.54, 1.807) is 13.8 Å². The van der Waals surface area contributed by atoms with Crippen molar-refractivity contribution >= 4 is 23.4 Å². The van der Waals surface area contributed by atoms with Gasteiger partial charge in [-0.05, 0) is 55.9 Å². The Bertz CT molecular complexity index is 1220. The Morgan fingerprint density at radius 2 is 1.80 bits per heavy atom. The summed E-state index contributed by atoms with van der Waals surface area (Å²) in [7, 11) is 2.03. The molecule has 0 saturated heterocycles. The summed E-state index contributed by atoms with van der Waals surface area (Å²) in [6, 6.07) is 10.8. The molecule has 2 amide bonds. The lowest BCUT2D eigenvalue weighted by atomic mass is 10.1. The van der Waals surface area contributed by atoms with Gasteiger partial charge in [0.15, 0.2) is 0 Å². The molecule has 2 aromatic rings. The number of hydrogen-bond acceptors (Lipinski definition) is 5. The van der Waals surface area contributed by atoms with Crippen LogP contribution < -0.4 is 10.2 Å². The van der Waals surface area contributed by atoms with Crippen LogP contribution in [0, 0.1) is 5.92 Å². The molecule has 2 N–H and O–H groups in total. The van der Waals surface area contributed by atoms with Gasteiger partial charge in [0.25, 0.3) is 0 Å². The van der Waals surface area contributed by atoms with Crippen molar-refractivity contribution in [3.05, 3.63) is 59.2 Å². The van der Waals surface area contributed by atoms with Gasteiger partial charge in [0.05, 0.1) is 23.5 Å². The Kier molecular flexibility index (Phi) is 9.68. The number of halogens is 3. The van der Waals surface area contributed by atoms with E-state index in [9.17, 15) is 27.9 Å². The van der Waals surface area contributed by atoms with Gasteiger partial charge in [-0.15, -0.1) is 0 Å². The van der Waals surface area contributed by atoms with Crippen LogP contribution in [0.25, 0.3) is 0 Å². The molecule has 0 unspecified atom stereocenters. The Hall–Kier alpha value is -3.47. The first-order chi connectivity index (χ1) is 19.4. The van der Waals surface area contributed by atoms with Gasteiger partial charge >= 0.3 is 12.3 Å². The molecule has 11 heteroatoms. The third kappa shape index (κ3) is 8.06.